The summed E-state index contributed by atoms with van der Waals surface area (Å²) >= 11 is 0. The molecule has 1 amide bonds. The van der Waals surface area contributed by atoms with E-state index in [2.05, 4.69) is 5.32 Å². The number of hydrogen-bond acceptors (Lipinski definition) is 4. The first kappa shape index (κ1) is 14.7. The lowest BCUT2D eigenvalue weighted by Gasteiger charge is -2.29. The van der Waals surface area contributed by atoms with Gasteiger partial charge in [-0.1, -0.05) is 19.3 Å². The van der Waals surface area contributed by atoms with Crippen molar-refractivity contribution in [1.29, 1.82) is 5.41 Å². The zero-order valence-electron chi connectivity index (χ0n) is 11.3. The van der Waals surface area contributed by atoms with E-state index >= 15 is 0 Å². The Kier molecular flexibility index (Phi) is 4.87. The molecule has 0 aromatic carbocycles. The molecule has 1 fully saturated rings. The highest BCUT2D eigenvalue weighted by atomic mass is 16.6. The molecule has 1 aliphatic carbocycles. The van der Waals surface area contributed by atoms with Gasteiger partial charge in [-0.25, -0.2) is 4.79 Å². The third-order valence-corrected chi connectivity index (χ3v) is 2.97. The van der Waals surface area contributed by atoms with E-state index in [1.807, 2.05) is 0 Å². The van der Waals surface area contributed by atoms with Gasteiger partial charge in [-0.05, 0) is 33.1 Å². The van der Waals surface area contributed by atoms with Crippen LogP contribution < -0.4 is 5.32 Å². The van der Waals surface area contributed by atoms with Crippen molar-refractivity contribution in [3.05, 3.63) is 0 Å². The van der Waals surface area contributed by atoms with E-state index in [1.165, 1.54) is 6.42 Å². The summed E-state index contributed by atoms with van der Waals surface area (Å²) in [5, 5.41) is 9.58. The number of carbonyl (C=O) groups is 2. The van der Waals surface area contributed by atoms with Gasteiger partial charge in [-0.15, -0.1) is 0 Å². The van der Waals surface area contributed by atoms with E-state index in [0.717, 1.165) is 19.1 Å². The molecule has 0 aromatic rings. The molecule has 0 bridgehead atoms. The van der Waals surface area contributed by atoms with Gasteiger partial charge in [0.2, 0.25) is 0 Å². The summed E-state index contributed by atoms with van der Waals surface area (Å²) in [5.74, 6) is 0.113. The Hall–Kier alpha value is -1.39. The number of hydrogen-bond donors (Lipinski definition) is 2. The second kappa shape index (κ2) is 5.98. The predicted octanol–water partition coefficient (Wildman–Crippen LogP) is 2.29. The fraction of sp³-hybridized carbons (Fsp3) is 0.769. The highest BCUT2D eigenvalue weighted by Crippen LogP contribution is 2.30. The fourth-order valence-electron chi connectivity index (χ4n) is 1.86. The van der Waals surface area contributed by atoms with Gasteiger partial charge in [0.15, 0.2) is 5.78 Å². The monoisotopic (exact) mass is 254 g/mol. The van der Waals surface area contributed by atoms with Gasteiger partial charge >= 0.3 is 6.09 Å². The number of Topliss-reactive ketones (excluding diaryl/α,β-unsaturated/α-hetero) is 1. The Bertz CT molecular complexity index is 330. The van der Waals surface area contributed by atoms with Crippen LogP contribution in [0.5, 0.6) is 0 Å². The number of carbonyl (C=O) groups excluding carboxylic acids is 2. The molecule has 1 atom stereocenters. The van der Waals surface area contributed by atoms with Crippen LogP contribution in [0.3, 0.4) is 0 Å². The summed E-state index contributed by atoms with van der Waals surface area (Å²) in [6.45, 7) is 5.31. The Morgan fingerprint density at radius 3 is 2.44 bits per heavy atom. The lowest BCUT2D eigenvalue weighted by molar-refractivity contribution is -0.115. The first-order valence-electron chi connectivity index (χ1n) is 6.35. The van der Waals surface area contributed by atoms with Crippen LogP contribution in [-0.2, 0) is 9.53 Å². The van der Waals surface area contributed by atoms with Crippen molar-refractivity contribution >= 4 is 18.1 Å². The smallest absolute Gasteiger partial charge is 0.408 e. The minimum absolute atomic E-state index is 0.368. The van der Waals surface area contributed by atoms with Gasteiger partial charge in [0.05, 0.1) is 12.3 Å². The minimum Gasteiger partial charge on any atom is -0.444 e. The van der Waals surface area contributed by atoms with Crippen LogP contribution in [0.4, 0.5) is 4.79 Å². The van der Waals surface area contributed by atoms with Crippen LogP contribution in [-0.4, -0.2) is 29.7 Å². The normalized spacial score (nSPS) is 17.5. The fourth-order valence-corrected chi connectivity index (χ4v) is 1.86. The molecule has 2 N–H and O–H groups in total. The second-order valence-corrected chi connectivity index (χ2v) is 5.78. The average molecular weight is 254 g/mol. The van der Waals surface area contributed by atoms with Gasteiger partial charge in [-0.2, -0.15) is 0 Å². The van der Waals surface area contributed by atoms with Crippen molar-refractivity contribution < 1.29 is 14.3 Å². The molecule has 0 saturated heterocycles. The summed E-state index contributed by atoms with van der Waals surface area (Å²) in [6, 6.07) is -0.623. The van der Waals surface area contributed by atoms with E-state index in [9.17, 15) is 9.59 Å². The highest BCUT2D eigenvalue weighted by Gasteiger charge is 2.28. The Morgan fingerprint density at radius 1 is 1.44 bits per heavy atom. The van der Waals surface area contributed by atoms with Crippen LogP contribution >= 0.6 is 0 Å². The standard InChI is InChI=1S/C13H22N2O3/c1-13(2,3)18-12(17)15-10(11(16)8-14)7-9-5-4-6-9/h8-10,14H,4-7H2,1-3H3,(H,15,17). The quantitative estimate of drug-likeness (QED) is 0.739. The molecule has 0 aromatic heterocycles. The molecular weight excluding hydrogens is 232 g/mol. The van der Waals surface area contributed by atoms with Gasteiger partial charge in [0.25, 0.3) is 0 Å². The second-order valence-electron chi connectivity index (χ2n) is 5.78. The van der Waals surface area contributed by atoms with Crippen molar-refractivity contribution in [3.8, 4) is 0 Å². The molecule has 1 unspecified atom stereocenters. The molecule has 0 heterocycles. The minimum atomic E-state index is -0.623. The molecule has 18 heavy (non-hydrogen) atoms. The molecule has 5 heteroatoms. The third-order valence-electron chi connectivity index (χ3n) is 2.97. The van der Waals surface area contributed by atoms with Gasteiger partial charge in [0.1, 0.15) is 5.60 Å². The van der Waals surface area contributed by atoms with Gasteiger partial charge < -0.3 is 15.5 Å². The number of rotatable bonds is 5. The van der Waals surface area contributed by atoms with E-state index in [0.29, 0.717) is 12.3 Å². The van der Waals surface area contributed by atoms with Crippen molar-refractivity contribution in [3.63, 3.8) is 0 Å². The third kappa shape index (κ3) is 4.85. The number of ether oxygens (including phenoxy) is 1. The largest absolute Gasteiger partial charge is 0.444 e. The van der Waals surface area contributed by atoms with Crippen molar-refractivity contribution in [1.82, 2.24) is 5.32 Å². The van der Waals surface area contributed by atoms with Crippen LogP contribution in [0, 0.1) is 11.3 Å². The van der Waals surface area contributed by atoms with Gasteiger partial charge in [0, 0.05) is 0 Å². The van der Waals surface area contributed by atoms with E-state index < -0.39 is 17.7 Å². The summed E-state index contributed by atoms with van der Waals surface area (Å²) in [6.07, 6.45) is 4.15. The topological polar surface area (TPSA) is 79.2 Å². The van der Waals surface area contributed by atoms with Gasteiger partial charge in [-0.3, -0.25) is 4.79 Å². The number of nitrogens with one attached hydrogen (secondary N) is 2. The molecule has 0 spiro atoms. The zero-order valence-corrected chi connectivity index (χ0v) is 11.3. The number of alkyl carbamates (subject to hydrolysis) is 1. The first-order chi connectivity index (χ1) is 8.31. The average Bonchev–Trinajstić information content (AvgIpc) is 2.17. The van der Waals surface area contributed by atoms with Crippen LogP contribution in [0.2, 0.25) is 0 Å². The maximum atomic E-state index is 11.6. The molecule has 0 radical (unpaired) electrons. The van der Waals surface area contributed by atoms with Crippen LogP contribution in [0.1, 0.15) is 46.5 Å². The molecule has 1 aliphatic rings. The van der Waals surface area contributed by atoms with Crippen molar-refractivity contribution in [2.75, 3.05) is 0 Å². The molecule has 0 aliphatic heterocycles. The SMILES string of the molecule is CC(C)(C)OC(=O)NC(CC1CCC1)C(=O)C=N. The number of ketones is 1. The summed E-state index contributed by atoms with van der Waals surface area (Å²) < 4.78 is 5.12. The molecule has 102 valence electrons. The maximum Gasteiger partial charge on any atom is 0.408 e. The van der Waals surface area contributed by atoms with Crippen molar-refractivity contribution in [2.45, 2.75) is 58.1 Å². The van der Waals surface area contributed by atoms with E-state index in [-0.39, 0.29) is 5.78 Å². The Labute approximate surface area is 108 Å². The predicted molar refractivity (Wildman–Crippen MR) is 68.9 cm³/mol. The summed E-state index contributed by atoms with van der Waals surface area (Å²) in [7, 11) is 0. The molecule has 1 rings (SSSR count). The summed E-state index contributed by atoms with van der Waals surface area (Å²) in [4.78, 5) is 23.2. The molecular formula is C13H22N2O3. The number of amides is 1. The Balaban J connectivity index is 2.51. The van der Waals surface area contributed by atoms with Crippen molar-refractivity contribution in [2.24, 2.45) is 5.92 Å². The maximum absolute atomic E-state index is 11.6. The van der Waals surface area contributed by atoms with E-state index in [4.69, 9.17) is 10.1 Å². The Morgan fingerprint density at radius 2 is 2.06 bits per heavy atom. The highest BCUT2D eigenvalue weighted by molar-refractivity contribution is 6.29. The van der Waals surface area contributed by atoms with E-state index in [1.54, 1.807) is 20.8 Å². The molecule has 1 saturated carbocycles. The molecule has 5 nitrogen and oxygen atoms in total. The van der Waals surface area contributed by atoms with Crippen LogP contribution in [0.15, 0.2) is 0 Å². The summed E-state index contributed by atoms with van der Waals surface area (Å²) in [5.41, 5.74) is -0.584. The van der Waals surface area contributed by atoms with Crippen LogP contribution in [0.25, 0.3) is 0 Å². The zero-order chi connectivity index (χ0) is 13.8. The lowest BCUT2D eigenvalue weighted by atomic mass is 9.80. The lowest BCUT2D eigenvalue weighted by Crippen LogP contribution is -2.45. The first-order valence-corrected chi connectivity index (χ1v) is 6.35.